The van der Waals surface area contributed by atoms with Crippen LogP contribution in [0, 0.1) is 5.92 Å². The lowest BCUT2D eigenvalue weighted by Crippen LogP contribution is -2.42. The minimum Gasteiger partial charge on any atom is -0.373 e. The largest absolute Gasteiger partial charge is 0.373 e. The number of hydrogen-bond acceptors (Lipinski definition) is 6. The van der Waals surface area contributed by atoms with Crippen LogP contribution in [-0.4, -0.2) is 82.8 Å². The van der Waals surface area contributed by atoms with Gasteiger partial charge in [-0.2, -0.15) is 0 Å². The molecular formula is C22H34N6O2. The van der Waals surface area contributed by atoms with E-state index in [0.29, 0.717) is 26.2 Å². The van der Waals surface area contributed by atoms with Gasteiger partial charge in [0.05, 0.1) is 18.8 Å². The first-order valence-electron chi connectivity index (χ1n) is 11.3. The first kappa shape index (κ1) is 21.0. The summed E-state index contributed by atoms with van der Waals surface area (Å²) in [5, 5.41) is 3.19. The number of piperidine rings is 1. The topological polar surface area (TPSA) is 81.7 Å². The Morgan fingerprint density at radius 3 is 2.53 bits per heavy atom. The number of aromatic nitrogens is 2. The predicted molar refractivity (Wildman–Crippen MR) is 115 cm³/mol. The number of carbonyl (C=O) groups is 2. The second-order valence-corrected chi connectivity index (χ2v) is 9.08. The number of nitrogens with zero attached hydrogens (tertiary/aromatic N) is 5. The molecule has 0 bridgehead atoms. The quantitative estimate of drug-likeness (QED) is 0.804. The lowest BCUT2D eigenvalue weighted by molar-refractivity contribution is -0.132. The predicted octanol–water partition coefficient (Wildman–Crippen LogP) is 1.47. The molecule has 0 aromatic carbocycles. The molecule has 2 saturated heterocycles. The fourth-order valence-electron chi connectivity index (χ4n) is 4.80. The van der Waals surface area contributed by atoms with E-state index in [2.05, 4.69) is 17.1 Å². The monoisotopic (exact) mass is 414 g/mol. The summed E-state index contributed by atoms with van der Waals surface area (Å²) in [4.78, 5) is 40.4. The highest BCUT2D eigenvalue weighted by Gasteiger charge is 2.32. The molecule has 0 unspecified atom stereocenters. The van der Waals surface area contributed by atoms with Gasteiger partial charge in [-0.15, -0.1) is 0 Å². The highest BCUT2D eigenvalue weighted by molar-refractivity contribution is 5.78. The van der Waals surface area contributed by atoms with Gasteiger partial charge in [0.15, 0.2) is 0 Å². The van der Waals surface area contributed by atoms with Crippen molar-refractivity contribution < 1.29 is 9.59 Å². The fourth-order valence-corrected chi connectivity index (χ4v) is 4.80. The molecule has 4 rings (SSSR count). The summed E-state index contributed by atoms with van der Waals surface area (Å²) in [6.07, 6.45) is 4.03. The molecule has 164 valence electrons. The SMILES string of the molecule is CNc1nc([C@@H]2CCN(C(=O)CN3CCC(C)CC3)C2)nc2c1CN(C(C)=O)CC2. The molecule has 8 nitrogen and oxygen atoms in total. The maximum absolute atomic E-state index is 12.8. The molecule has 2 fully saturated rings. The van der Waals surface area contributed by atoms with Crippen LogP contribution >= 0.6 is 0 Å². The van der Waals surface area contributed by atoms with Gasteiger partial charge in [0, 0.05) is 51.5 Å². The third kappa shape index (κ3) is 4.43. The zero-order valence-corrected chi connectivity index (χ0v) is 18.5. The third-order valence-corrected chi connectivity index (χ3v) is 6.90. The van der Waals surface area contributed by atoms with Crippen LogP contribution < -0.4 is 5.32 Å². The summed E-state index contributed by atoms with van der Waals surface area (Å²) in [5.41, 5.74) is 2.06. The maximum Gasteiger partial charge on any atom is 0.236 e. The van der Waals surface area contributed by atoms with Crippen molar-refractivity contribution in [3.63, 3.8) is 0 Å². The van der Waals surface area contributed by atoms with E-state index in [1.165, 1.54) is 12.8 Å². The average molecular weight is 415 g/mol. The lowest BCUT2D eigenvalue weighted by Gasteiger charge is -2.31. The number of hydrogen-bond donors (Lipinski definition) is 1. The van der Waals surface area contributed by atoms with Crippen molar-refractivity contribution in [2.45, 2.75) is 52.0 Å². The molecule has 0 aliphatic carbocycles. The first-order valence-corrected chi connectivity index (χ1v) is 11.3. The zero-order chi connectivity index (χ0) is 21.3. The van der Waals surface area contributed by atoms with Crippen molar-refractivity contribution in [3.05, 3.63) is 17.1 Å². The van der Waals surface area contributed by atoms with Gasteiger partial charge in [-0.1, -0.05) is 6.92 Å². The molecule has 3 aliphatic heterocycles. The Bertz CT molecular complexity index is 788. The van der Waals surface area contributed by atoms with Crippen LogP contribution in [0.25, 0.3) is 0 Å². The van der Waals surface area contributed by atoms with E-state index >= 15 is 0 Å². The van der Waals surface area contributed by atoms with Crippen molar-refractivity contribution >= 4 is 17.6 Å². The number of fused-ring (bicyclic) bond motifs is 1. The molecule has 8 heteroatoms. The maximum atomic E-state index is 12.8. The van der Waals surface area contributed by atoms with Gasteiger partial charge in [0.25, 0.3) is 0 Å². The second kappa shape index (κ2) is 8.88. The van der Waals surface area contributed by atoms with Crippen molar-refractivity contribution in [1.82, 2.24) is 24.7 Å². The van der Waals surface area contributed by atoms with Crippen molar-refractivity contribution in [2.24, 2.45) is 5.92 Å². The van der Waals surface area contributed by atoms with E-state index in [4.69, 9.17) is 9.97 Å². The Morgan fingerprint density at radius 1 is 1.07 bits per heavy atom. The van der Waals surface area contributed by atoms with Crippen LogP contribution in [0.2, 0.25) is 0 Å². The van der Waals surface area contributed by atoms with Gasteiger partial charge in [-0.05, 0) is 38.3 Å². The molecule has 1 aromatic heterocycles. The van der Waals surface area contributed by atoms with Crippen molar-refractivity contribution in [1.29, 1.82) is 0 Å². The second-order valence-electron chi connectivity index (χ2n) is 9.08. The number of rotatable bonds is 4. The van der Waals surface area contributed by atoms with E-state index in [-0.39, 0.29) is 17.7 Å². The summed E-state index contributed by atoms with van der Waals surface area (Å²) < 4.78 is 0. The molecular weight excluding hydrogens is 380 g/mol. The Hall–Kier alpha value is -2.22. The summed E-state index contributed by atoms with van der Waals surface area (Å²) >= 11 is 0. The van der Waals surface area contributed by atoms with Gasteiger partial charge in [0.1, 0.15) is 11.6 Å². The van der Waals surface area contributed by atoms with Crippen molar-refractivity contribution in [2.75, 3.05) is 51.6 Å². The normalized spacial score (nSPS) is 22.8. The fraction of sp³-hybridized carbons (Fsp3) is 0.727. The first-order chi connectivity index (χ1) is 14.4. The summed E-state index contributed by atoms with van der Waals surface area (Å²) in [5.74, 6) is 2.91. The minimum absolute atomic E-state index is 0.0832. The Labute approximate surface area is 179 Å². The highest BCUT2D eigenvalue weighted by Crippen LogP contribution is 2.30. The number of anilines is 1. The number of carbonyl (C=O) groups excluding carboxylic acids is 2. The molecule has 0 spiro atoms. The molecule has 30 heavy (non-hydrogen) atoms. The molecule has 4 heterocycles. The molecule has 1 atom stereocenters. The van der Waals surface area contributed by atoms with E-state index < -0.39 is 0 Å². The molecule has 2 amide bonds. The van der Waals surface area contributed by atoms with Crippen LogP contribution in [-0.2, 0) is 22.6 Å². The number of nitrogens with one attached hydrogen (secondary N) is 1. The highest BCUT2D eigenvalue weighted by atomic mass is 16.2. The van der Waals surface area contributed by atoms with E-state index in [1.807, 2.05) is 16.8 Å². The Kier molecular flexibility index (Phi) is 6.22. The van der Waals surface area contributed by atoms with Crippen molar-refractivity contribution in [3.8, 4) is 0 Å². The Morgan fingerprint density at radius 2 is 1.83 bits per heavy atom. The van der Waals surface area contributed by atoms with Crippen LogP contribution in [0.15, 0.2) is 0 Å². The van der Waals surface area contributed by atoms with Crippen LogP contribution in [0.4, 0.5) is 5.82 Å². The van der Waals surface area contributed by atoms with Crippen LogP contribution in [0.5, 0.6) is 0 Å². The summed E-state index contributed by atoms with van der Waals surface area (Å²) in [6.45, 7) is 9.23. The van der Waals surface area contributed by atoms with Gasteiger partial charge in [-0.3, -0.25) is 14.5 Å². The Balaban J connectivity index is 1.41. The molecule has 3 aliphatic rings. The average Bonchev–Trinajstić information content (AvgIpc) is 3.24. The van der Waals surface area contributed by atoms with Gasteiger partial charge in [0.2, 0.25) is 11.8 Å². The number of amides is 2. The van der Waals surface area contributed by atoms with Crippen LogP contribution in [0.3, 0.4) is 0 Å². The van der Waals surface area contributed by atoms with Gasteiger partial charge >= 0.3 is 0 Å². The van der Waals surface area contributed by atoms with E-state index in [0.717, 1.165) is 61.3 Å². The van der Waals surface area contributed by atoms with E-state index in [9.17, 15) is 9.59 Å². The summed E-state index contributed by atoms with van der Waals surface area (Å²) in [6, 6.07) is 0. The number of likely N-dealkylation sites (tertiary alicyclic amines) is 2. The summed E-state index contributed by atoms with van der Waals surface area (Å²) in [7, 11) is 1.86. The lowest BCUT2D eigenvalue weighted by atomic mass is 9.99. The molecule has 0 saturated carbocycles. The minimum atomic E-state index is 0.0832. The molecule has 1 aromatic rings. The molecule has 1 N–H and O–H groups in total. The third-order valence-electron chi connectivity index (χ3n) is 6.90. The van der Waals surface area contributed by atoms with E-state index in [1.54, 1.807) is 6.92 Å². The standard InChI is InChI=1S/C22H34N6O2/c1-15-4-8-26(9-5-15)14-20(30)28-10-6-17(12-28)21-24-19-7-11-27(16(2)29)13-18(19)22(23-3)25-21/h15,17H,4-14H2,1-3H3,(H,23,24,25)/t17-/m1/s1. The zero-order valence-electron chi connectivity index (χ0n) is 18.5. The molecule has 0 radical (unpaired) electrons. The van der Waals surface area contributed by atoms with Gasteiger partial charge in [-0.25, -0.2) is 9.97 Å². The smallest absolute Gasteiger partial charge is 0.236 e. The van der Waals surface area contributed by atoms with Crippen LogP contribution in [0.1, 0.15) is 56.1 Å². The van der Waals surface area contributed by atoms with Gasteiger partial charge < -0.3 is 15.1 Å².